The Morgan fingerprint density at radius 1 is 1.21 bits per heavy atom. The summed E-state index contributed by atoms with van der Waals surface area (Å²) in [6.45, 7) is 5.17. The molecule has 0 aromatic carbocycles. The number of aryl methyl sites for hydroxylation is 1. The van der Waals surface area contributed by atoms with Crippen molar-refractivity contribution in [2.24, 2.45) is 11.8 Å². The van der Waals surface area contributed by atoms with Gasteiger partial charge >= 0.3 is 0 Å². The normalized spacial score (nSPS) is 20.6. The Kier molecular flexibility index (Phi) is 6.77. The van der Waals surface area contributed by atoms with Gasteiger partial charge in [-0.05, 0) is 62.1 Å². The Morgan fingerprint density at radius 3 is 2.79 bits per heavy atom. The summed E-state index contributed by atoms with van der Waals surface area (Å²) in [7, 11) is 0. The highest BCUT2D eigenvalue weighted by molar-refractivity contribution is 5.94. The average molecular weight is 398 g/mol. The Balaban J connectivity index is 1.21. The number of aromatic nitrogens is 3. The van der Waals surface area contributed by atoms with Crippen LogP contribution in [0.15, 0.2) is 36.8 Å². The Hall–Kier alpha value is -2.41. The van der Waals surface area contributed by atoms with Gasteiger partial charge in [-0.2, -0.15) is 5.10 Å². The van der Waals surface area contributed by atoms with Crippen molar-refractivity contribution in [2.75, 3.05) is 38.2 Å². The number of pyridine rings is 1. The van der Waals surface area contributed by atoms with E-state index >= 15 is 0 Å². The van der Waals surface area contributed by atoms with Crippen LogP contribution in [0.4, 0.5) is 5.82 Å². The minimum Gasteiger partial charge on any atom is -0.381 e. The van der Waals surface area contributed by atoms with Crippen molar-refractivity contribution >= 4 is 11.7 Å². The lowest BCUT2D eigenvalue weighted by Gasteiger charge is -2.32. The minimum absolute atomic E-state index is 0.0928. The topological polar surface area (TPSA) is 72.3 Å². The summed E-state index contributed by atoms with van der Waals surface area (Å²) in [6, 6.07) is 5.76. The molecule has 2 fully saturated rings. The van der Waals surface area contributed by atoms with Crippen molar-refractivity contribution in [1.29, 1.82) is 0 Å². The van der Waals surface area contributed by atoms with Gasteiger partial charge in [-0.15, -0.1) is 0 Å². The van der Waals surface area contributed by atoms with E-state index in [1.807, 2.05) is 40.2 Å². The van der Waals surface area contributed by atoms with Gasteiger partial charge < -0.3 is 15.0 Å². The second-order valence-corrected chi connectivity index (χ2v) is 8.19. The predicted molar refractivity (Wildman–Crippen MR) is 112 cm³/mol. The molecular weight excluding hydrogens is 366 g/mol. The lowest BCUT2D eigenvalue weighted by molar-refractivity contribution is 0.0595. The van der Waals surface area contributed by atoms with Crippen LogP contribution in [0.2, 0.25) is 0 Å². The molecule has 2 aromatic heterocycles. The van der Waals surface area contributed by atoms with Crippen LogP contribution >= 0.6 is 0 Å². The van der Waals surface area contributed by atoms with Gasteiger partial charge in [0.15, 0.2) is 0 Å². The van der Waals surface area contributed by atoms with Crippen LogP contribution in [0.5, 0.6) is 0 Å². The Bertz CT molecular complexity index is 748. The number of anilines is 1. The van der Waals surface area contributed by atoms with Crippen LogP contribution in [0.25, 0.3) is 0 Å². The highest BCUT2D eigenvalue weighted by atomic mass is 16.5. The molecule has 1 N–H and O–H groups in total. The molecule has 2 aromatic rings. The number of amides is 1. The summed E-state index contributed by atoms with van der Waals surface area (Å²) in [5.41, 5.74) is 0.673. The van der Waals surface area contributed by atoms with E-state index in [4.69, 9.17) is 4.74 Å². The number of nitrogens with zero attached hydrogens (tertiary/aromatic N) is 4. The van der Waals surface area contributed by atoms with Crippen molar-refractivity contribution in [1.82, 2.24) is 19.7 Å². The molecule has 29 heavy (non-hydrogen) atoms. The number of piperidine rings is 1. The van der Waals surface area contributed by atoms with E-state index in [0.717, 1.165) is 70.9 Å². The van der Waals surface area contributed by atoms with Crippen LogP contribution in [0.1, 0.15) is 42.5 Å². The lowest BCUT2D eigenvalue weighted by Crippen LogP contribution is -2.38. The number of ether oxygens (including phenoxy) is 1. The highest BCUT2D eigenvalue weighted by Crippen LogP contribution is 2.22. The standard InChI is InChI=1S/C22H31N5O2/c28-22(26-11-6-18(7-12-26)8-13-27-10-2-9-25-27)20-4-5-21(24-16-20)23-15-19-3-1-14-29-17-19/h2,4-5,9-10,16,18-19H,1,3,6-8,11-15,17H2,(H,23,24). The number of hydrogen-bond donors (Lipinski definition) is 1. The van der Waals surface area contributed by atoms with Crippen LogP contribution in [-0.4, -0.2) is 58.4 Å². The van der Waals surface area contributed by atoms with Crippen molar-refractivity contribution in [2.45, 2.75) is 38.6 Å². The third kappa shape index (κ3) is 5.56. The molecule has 0 bridgehead atoms. The highest BCUT2D eigenvalue weighted by Gasteiger charge is 2.24. The maximum atomic E-state index is 12.8. The zero-order valence-electron chi connectivity index (χ0n) is 17.0. The van der Waals surface area contributed by atoms with E-state index in [1.54, 1.807) is 6.20 Å². The molecule has 1 atom stereocenters. The van der Waals surface area contributed by atoms with E-state index in [9.17, 15) is 4.79 Å². The number of nitrogens with one attached hydrogen (secondary N) is 1. The Labute approximate surface area is 172 Å². The molecule has 2 aliphatic heterocycles. The lowest BCUT2D eigenvalue weighted by atomic mass is 9.93. The average Bonchev–Trinajstić information content (AvgIpc) is 3.31. The van der Waals surface area contributed by atoms with Gasteiger partial charge in [0.05, 0.1) is 12.2 Å². The third-order valence-corrected chi connectivity index (χ3v) is 6.06. The molecule has 1 unspecified atom stereocenters. The molecule has 4 rings (SSSR count). The first kappa shape index (κ1) is 19.9. The molecule has 0 spiro atoms. The van der Waals surface area contributed by atoms with Crippen LogP contribution in [0.3, 0.4) is 0 Å². The number of carbonyl (C=O) groups is 1. The van der Waals surface area contributed by atoms with Gasteiger partial charge in [0.2, 0.25) is 0 Å². The molecule has 4 heterocycles. The van der Waals surface area contributed by atoms with Crippen molar-refractivity contribution in [3.8, 4) is 0 Å². The van der Waals surface area contributed by atoms with Crippen molar-refractivity contribution in [3.05, 3.63) is 42.4 Å². The summed E-state index contributed by atoms with van der Waals surface area (Å²) in [5, 5.41) is 7.63. The van der Waals surface area contributed by atoms with E-state index in [2.05, 4.69) is 15.4 Å². The predicted octanol–water partition coefficient (Wildman–Crippen LogP) is 3.06. The monoisotopic (exact) mass is 397 g/mol. The molecule has 0 aliphatic carbocycles. The SMILES string of the molecule is O=C(c1ccc(NCC2CCCOC2)nc1)N1CCC(CCn2cccn2)CC1. The summed E-state index contributed by atoms with van der Waals surface area (Å²) in [4.78, 5) is 19.2. The van der Waals surface area contributed by atoms with Crippen LogP contribution in [0, 0.1) is 11.8 Å². The molecule has 2 aliphatic rings. The van der Waals surface area contributed by atoms with Gasteiger partial charge in [0, 0.05) is 51.4 Å². The van der Waals surface area contributed by atoms with E-state index in [1.165, 1.54) is 6.42 Å². The largest absolute Gasteiger partial charge is 0.381 e. The summed E-state index contributed by atoms with van der Waals surface area (Å²) < 4.78 is 7.50. The molecule has 1 amide bonds. The van der Waals surface area contributed by atoms with E-state index < -0.39 is 0 Å². The summed E-state index contributed by atoms with van der Waals surface area (Å²) >= 11 is 0. The number of rotatable bonds is 7. The van der Waals surface area contributed by atoms with Gasteiger partial charge in [-0.25, -0.2) is 4.98 Å². The summed E-state index contributed by atoms with van der Waals surface area (Å²) in [5.74, 6) is 2.12. The second-order valence-electron chi connectivity index (χ2n) is 8.19. The molecule has 2 saturated heterocycles. The zero-order valence-corrected chi connectivity index (χ0v) is 17.0. The fraction of sp³-hybridized carbons (Fsp3) is 0.591. The quantitative estimate of drug-likeness (QED) is 0.777. The van der Waals surface area contributed by atoms with Gasteiger partial charge in [-0.1, -0.05) is 0 Å². The number of likely N-dealkylation sites (tertiary alicyclic amines) is 1. The Morgan fingerprint density at radius 2 is 2.10 bits per heavy atom. The molecule has 7 nitrogen and oxygen atoms in total. The molecule has 156 valence electrons. The van der Waals surface area contributed by atoms with Crippen LogP contribution in [-0.2, 0) is 11.3 Å². The van der Waals surface area contributed by atoms with Crippen molar-refractivity contribution in [3.63, 3.8) is 0 Å². The zero-order chi connectivity index (χ0) is 19.9. The van der Waals surface area contributed by atoms with Crippen molar-refractivity contribution < 1.29 is 9.53 Å². The van der Waals surface area contributed by atoms with Gasteiger partial charge in [-0.3, -0.25) is 9.48 Å². The molecule has 0 saturated carbocycles. The number of carbonyl (C=O) groups excluding carboxylic acids is 1. The van der Waals surface area contributed by atoms with Gasteiger partial charge in [0.1, 0.15) is 5.82 Å². The van der Waals surface area contributed by atoms with Crippen LogP contribution < -0.4 is 5.32 Å². The molecule has 0 radical (unpaired) electrons. The maximum absolute atomic E-state index is 12.8. The first-order valence-electron chi connectivity index (χ1n) is 10.8. The molecule has 7 heteroatoms. The first-order valence-corrected chi connectivity index (χ1v) is 10.8. The van der Waals surface area contributed by atoms with E-state index in [-0.39, 0.29) is 5.91 Å². The smallest absolute Gasteiger partial charge is 0.255 e. The second kappa shape index (κ2) is 9.87. The summed E-state index contributed by atoms with van der Waals surface area (Å²) in [6.07, 6.45) is 11.1. The first-order chi connectivity index (χ1) is 14.3. The molecular formula is C22H31N5O2. The third-order valence-electron chi connectivity index (χ3n) is 6.06. The maximum Gasteiger partial charge on any atom is 0.255 e. The fourth-order valence-electron chi connectivity index (χ4n) is 4.20. The van der Waals surface area contributed by atoms with E-state index in [0.29, 0.717) is 17.4 Å². The van der Waals surface area contributed by atoms with Gasteiger partial charge in [0.25, 0.3) is 5.91 Å². The minimum atomic E-state index is 0.0928. The fourth-order valence-corrected chi connectivity index (χ4v) is 4.20. The number of hydrogen-bond acceptors (Lipinski definition) is 5.